The van der Waals surface area contributed by atoms with Crippen molar-refractivity contribution in [1.82, 2.24) is 5.32 Å². The van der Waals surface area contributed by atoms with Gasteiger partial charge < -0.3 is 5.32 Å². The highest BCUT2D eigenvalue weighted by molar-refractivity contribution is 6.22. The second kappa shape index (κ2) is 5.79. The number of hydrogen-bond donors (Lipinski definition) is 1. The summed E-state index contributed by atoms with van der Waals surface area (Å²) in [5, 5.41) is 3.02. The number of hydrogen-bond acceptors (Lipinski definition) is 1. The van der Waals surface area contributed by atoms with E-state index in [0.29, 0.717) is 11.8 Å². The molecular weight excluding hydrogens is 257 g/mol. The molecule has 0 aromatic heterocycles. The average Bonchev–Trinajstić information content (AvgIpc) is 2.28. The van der Waals surface area contributed by atoms with Crippen molar-refractivity contribution in [2.75, 3.05) is 11.8 Å². The first-order chi connectivity index (χ1) is 7.84. The third kappa shape index (κ3) is 3.75. The second-order valence-electron chi connectivity index (χ2n) is 6.10. The van der Waals surface area contributed by atoms with Crippen LogP contribution in [0.2, 0.25) is 0 Å². The third-order valence-electron chi connectivity index (χ3n) is 3.84. The molecule has 1 atom stereocenters. The van der Waals surface area contributed by atoms with Gasteiger partial charge in [0.05, 0.1) is 5.54 Å². The molecule has 4 heteroatoms. The molecule has 1 saturated carbocycles. The maximum Gasteiger partial charge on any atom is 0.224 e. The summed E-state index contributed by atoms with van der Waals surface area (Å²) in [6, 6.07) is 0. The molecule has 0 aromatic rings. The fourth-order valence-corrected chi connectivity index (χ4v) is 2.89. The summed E-state index contributed by atoms with van der Waals surface area (Å²) in [6.07, 6.45) is 4.45. The smallest absolute Gasteiger partial charge is 0.224 e. The molecule has 0 bridgehead atoms. The molecule has 0 saturated heterocycles. The minimum absolute atomic E-state index is 0.0852. The van der Waals surface area contributed by atoms with E-state index in [9.17, 15) is 4.79 Å². The maximum atomic E-state index is 12.3. The molecule has 1 fully saturated rings. The van der Waals surface area contributed by atoms with E-state index in [1.165, 1.54) is 6.42 Å². The van der Waals surface area contributed by atoms with Crippen molar-refractivity contribution in [3.05, 3.63) is 0 Å². The van der Waals surface area contributed by atoms with E-state index in [1.807, 2.05) is 6.92 Å². The summed E-state index contributed by atoms with van der Waals surface area (Å²) in [4.78, 5) is 12.3. The Balaban J connectivity index is 2.69. The van der Waals surface area contributed by atoms with Crippen molar-refractivity contribution in [3.8, 4) is 0 Å². The Morgan fingerprint density at radius 3 is 2.41 bits per heavy atom. The largest absolute Gasteiger partial charge is 0.348 e. The fraction of sp³-hybridized carbons (Fsp3) is 0.923. The second-order valence-corrected chi connectivity index (χ2v) is 6.64. The molecule has 0 spiro atoms. The lowest BCUT2D eigenvalue weighted by molar-refractivity contribution is -0.131. The molecule has 0 radical (unpaired) electrons. The Hall–Kier alpha value is 0.0500. The summed E-state index contributed by atoms with van der Waals surface area (Å²) < 4.78 is 0. The van der Waals surface area contributed by atoms with Gasteiger partial charge in [-0.3, -0.25) is 4.79 Å². The molecule has 1 aliphatic carbocycles. The topological polar surface area (TPSA) is 29.1 Å². The molecule has 0 aliphatic heterocycles. The monoisotopic (exact) mass is 279 g/mol. The van der Waals surface area contributed by atoms with Crippen LogP contribution in [0.3, 0.4) is 0 Å². The van der Waals surface area contributed by atoms with Gasteiger partial charge in [0.15, 0.2) is 0 Å². The van der Waals surface area contributed by atoms with Gasteiger partial charge in [-0.15, -0.1) is 23.2 Å². The van der Waals surface area contributed by atoms with E-state index in [-0.39, 0.29) is 17.2 Å². The fourth-order valence-electron chi connectivity index (χ4n) is 2.47. The van der Waals surface area contributed by atoms with Crippen molar-refractivity contribution in [2.24, 2.45) is 11.3 Å². The number of halogens is 2. The van der Waals surface area contributed by atoms with E-state index >= 15 is 0 Å². The lowest BCUT2D eigenvalue weighted by Gasteiger charge is -2.39. The Labute approximate surface area is 114 Å². The number of carbonyl (C=O) groups is 1. The molecule has 0 heterocycles. The van der Waals surface area contributed by atoms with Crippen LogP contribution in [-0.2, 0) is 4.79 Å². The first-order valence-corrected chi connectivity index (χ1v) is 7.35. The van der Waals surface area contributed by atoms with Crippen molar-refractivity contribution < 1.29 is 4.79 Å². The van der Waals surface area contributed by atoms with E-state index in [0.717, 1.165) is 19.3 Å². The Morgan fingerprint density at radius 1 is 1.35 bits per heavy atom. The summed E-state index contributed by atoms with van der Waals surface area (Å²) >= 11 is 11.7. The number of nitrogens with one attached hydrogen (secondary N) is 1. The standard InChI is InChI=1S/C13H23Cl2NO/c1-12(2)7-5-4-6-10(12)11(17)16-13(3,8-14)9-15/h10H,4-9H2,1-3H3,(H,16,17). The molecule has 1 N–H and O–H groups in total. The number of carbonyl (C=O) groups excluding carboxylic acids is 1. The molecule has 1 rings (SSSR count). The van der Waals surface area contributed by atoms with Crippen LogP contribution in [0.25, 0.3) is 0 Å². The van der Waals surface area contributed by atoms with Gasteiger partial charge in [-0.1, -0.05) is 26.7 Å². The molecule has 100 valence electrons. The minimum Gasteiger partial charge on any atom is -0.348 e. The zero-order valence-electron chi connectivity index (χ0n) is 11.0. The first kappa shape index (κ1) is 15.1. The average molecular weight is 280 g/mol. The predicted molar refractivity (Wildman–Crippen MR) is 73.7 cm³/mol. The highest BCUT2D eigenvalue weighted by Gasteiger charge is 2.39. The van der Waals surface area contributed by atoms with Crippen molar-refractivity contribution in [1.29, 1.82) is 0 Å². The normalized spacial score (nSPS) is 24.4. The van der Waals surface area contributed by atoms with Gasteiger partial charge in [0, 0.05) is 17.7 Å². The highest BCUT2D eigenvalue weighted by Crippen LogP contribution is 2.40. The zero-order valence-corrected chi connectivity index (χ0v) is 12.5. The van der Waals surface area contributed by atoms with Crippen molar-refractivity contribution in [3.63, 3.8) is 0 Å². The first-order valence-electron chi connectivity index (χ1n) is 6.28. The van der Waals surface area contributed by atoms with Gasteiger partial charge in [0.2, 0.25) is 5.91 Å². The van der Waals surface area contributed by atoms with Gasteiger partial charge in [-0.05, 0) is 25.2 Å². The van der Waals surface area contributed by atoms with Crippen LogP contribution in [0, 0.1) is 11.3 Å². The lowest BCUT2D eigenvalue weighted by atomic mass is 9.68. The Bertz CT molecular complexity index is 275. The van der Waals surface area contributed by atoms with E-state index < -0.39 is 5.54 Å². The zero-order chi connectivity index (χ0) is 13.1. The number of alkyl halides is 2. The SMILES string of the molecule is CC(CCl)(CCl)NC(=O)C1CCCCC1(C)C. The highest BCUT2D eigenvalue weighted by atomic mass is 35.5. The maximum absolute atomic E-state index is 12.3. The Morgan fingerprint density at radius 2 is 1.94 bits per heavy atom. The molecule has 2 nitrogen and oxygen atoms in total. The van der Waals surface area contributed by atoms with Crippen LogP contribution in [0.1, 0.15) is 46.5 Å². The van der Waals surface area contributed by atoms with Gasteiger partial charge in [0.25, 0.3) is 0 Å². The van der Waals surface area contributed by atoms with Gasteiger partial charge in [-0.25, -0.2) is 0 Å². The van der Waals surface area contributed by atoms with Crippen LogP contribution in [-0.4, -0.2) is 23.2 Å². The number of amides is 1. The van der Waals surface area contributed by atoms with Crippen LogP contribution >= 0.6 is 23.2 Å². The van der Waals surface area contributed by atoms with Crippen molar-refractivity contribution in [2.45, 2.75) is 52.0 Å². The lowest BCUT2D eigenvalue weighted by Crippen LogP contribution is -2.53. The van der Waals surface area contributed by atoms with Gasteiger partial charge >= 0.3 is 0 Å². The van der Waals surface area contributed by atoms with Crippen LogP contribution < -0.4 is 5.32 Å². The summed E-state index contributed by atoms with van der Waals surface area (Å²) in [5.74, 6) is 0.880. The van der Waals surface area contributed by atoms with Gasteiger partial charge in [0.1, 0.15) is 0 Å². The molecule has 1 aliphatic rings. The minimum atomic E-state index is -0.492. The van der Waals surface area contributed by atoms with Crippen LogP contribution in [0.15, 0.2) is 0 Å². The molecule has 0 aromatic carbocycles. The molecule has 17 heavy (non-hydrogen) atoms. The molecular formula is C13H23Cl2NO. The summed E-state index contributed by atoms with van der Waals surface area (Å²) in [6.45, 7) is 6.24. The van der Waals surface area contributed by atoms with Crippen LogP contribution in [0.5, 0.6) is 0 Å². The van der Waals surface area contributed by atoms with Crippen LogP contribution in [0.4, 0.5) is 0 Å². The Kier molecular flexibility index (Phi) is 5.15. The predicted octanol–water partition coefficient (Wildman–Crippen LogP) is 3.56. The van der Waals surface area contributed by atoms with Gasteiger partial charge in [-0.2, -0.15) is 0 Å². The van der Waals surface area contributed by atoms with E-state index in [4.69, 9.17) is 23.2 Å². The van der Waals surface area contributed by atoms with Crippen molar-refractivity contribution >= 4 is 29.1 Å². The molecule has 1 amide bonds. The molecule has 1 unspecified atom stereocenters. The summed E-state index contributed by atoms with van der Waals surface area (Å²) in [5.41, 5.74) is -0.407. The van der Waals surface area contributed by atoms with E-state index in [2.05, 4.69) is 19.2 Å². The number of rotatable bonds is 4. The summed E-state index contributed by atoms with van der Waals surface area (Å²) in [7, 11) is 0. The third-order valence-corrected chi connectivity index (χ3v) is 5.02. The quantitative estimate of drug-likeness (QED) is 0.784. The van der Waals surface area contributed by atoms with E-state index in [1.54, 1.807) is 0 Å².